The van der Waals surface area contributed by atoms with Crippen molar-refractivity contribution < 1.29 is 5.11 Å². The third kappa shape index (κ3) is 2.56. The van der Waals surface area contributed by atoms with E-state index in [9.17, 15) is 5.11 Å². The Morgan fingerprint density at radius 2 is 2.40 bits per heavy atom. The molecular formula is C11H17NOS2. The van der Waals surface area contributed by atoms with E-state index in [0.717, 1.165) is 17.9 Å². The highest BCUT2D eigenvalue weighted by molar-refractivity contribution is 7.99. The second-order valence-corrected chi connectivity index (χ2v) is 6.32. The highest BCUT2D eigenvalue weighted by atomic mass is 32.2. The molecule has 1 aliphatic rings. The van der Waals surface area contributed by atoms with Crippen molar-refractivity contribution >= 4 is 23.1 Å². The summed E-state index contributed by atoms with van der Waals surface area (Å²) in [5.74, 6) is 2.22. The number of hydrogen-bond acceptors (Lipinski definition) is 4. The van der Waals surface area contributed by atoms with Crippen molar-refractivity contribution in [1.82, 2.24) is 4.90 Å². The highest BCUT2D eigenvalue weighted by Crippen LogP contribution is 2.29. The van der Waals surface area contributed by atoms with Gasteiger partial charge >= 0.3 is 0 Å². The number of nitrogens with zero attached hydrogens (tertiary/aromatic N) is 1. The van der Waals surface area contributed by atoms with Crippen LogP contribution in [0.3, 0.4) is 0 Å². The van der Waals surface area contributed by atoms with Crippen LogP contribution in [0, 0.1) is 6.92 Å². The Morgan fingerprint density at radius 3 is 3.00 bits per heavy atom. The first kappa shape index (κ1) is 11.5. The number of thiophene rings is 1. The summed E-state index contributed by atoms with van der Waals surface area (Å²) in [6.07, 6.45) is -0.326. The van der Waals surface area contributed by atoms with Gasteiger partial charge in [0.2, 0.25) is 0 Å². The fourth-order valence-corrected chi connectivity index (χ4v) is 3.87. The highest BCUT2D eigenvalue weighted by Gasteiger charge is 2.27. The van der Waals surface area contributed by atoms with Gasteiger partial charge in [-0.1, -0.05) is 0 Å². The van der Waals surface area contributed by atoms with Gasteiger partial charge in [0, 0.05) is 29.0 Å². The van der Waals surface area contributed by atoms with Gasteiger partial charge < -0.3 is 5.11 Å². The summed E-state index contributed by atoms with van der Waals surface area (Å²) in [5, 5.41) is 12.4. The normalized spacial score (nSPS) is 25.4. The lowest BCUT2D eigenvalue weighted by Crippen LogP contribution is -2.43. The third-order valence-corrected chi connectivity index (χ3v) is 4.83. The zero-order valence-electron chi connectivity index (χ0n) is 9.14. The molecule has 0 aliphatic carbocycles. The summed E-state index contributed by atoms with van der Waals surface area (Å²) in [4.78, 5) is 3.55. The van der Waals surface area contributed by atoms with Gasteiger partial charge in [-0.25, -0.2) is 0 Å². The molecule has 4 heteroatoms. The minimum atomic E-state index is -0.326. The van der Waals surface area contributed by atoms with E-state index in [0.29, 0.717) is 0 Å². The molecule has 0 spiro atoms. The topological polar surface area (TPSA) is 23.5 Å². The Balaban J connectivity index is 2.09. The van der Waals surface area contributed by atoms with Gasteiger partial charge in [-0.2, -0.15) is 11.8 Å². The summed E-state index contributed by atoms with van der Waals surface area (Å²) in [5.41, 5.74) is 1.08. The van der Waals surface area contributed by atoms with Gasteiger partial charge in [0.15, 0.2) is 0 Å². The van der Waals surface area contributed by atoms with Gasteiger partial charge in [0.1, 0.15) is 0 Å². The number of likely N-dealkylation sites (N-methyl/N-ethyl adjacent to an activating group) is 1. The van der Waals surface area contributed by atoms with Gasteiger partial charge in [0.25, 0.3) is 0 Å². The van der Waals surface area contributed by atoms with E-state index in [-0.39, 0.29) is 12.1 Å². The van der Waals surface area contributed by atoms with Gasteiger partial charge in [-0.15, -0.1) is 11.3 Å². The summed E-state index contributed by atoms with van der Waals surface area (Å²) in [7, 11) is 2.10. The molecule has 2 heterocycles. The average molecular weight is 243 g/mol. The maximum absolute atomic E-state index is 10.3. The van der Waals surface area contributed by atoms with Crippen LogP contribution in [0.1, 0.15) is 16.5 Å². The van der Waals surface area contributed by atoms with Crippen LogP contribution < -0.4 is 0 Å². The quantitative estimate of drug-likeness (QED) is 0.861. The Kier molecular flexibility index (Phi) is 3.72. The van der Waals surface area contributed by atoms with E-state index in [2.05, 4.69) is 30.3 Å². The zero-order chi connectivity index (χ0) is 10.8. The van der Waals surface area contributed by atoms with Crippen molar-refractivity contribution in [3.8, 4) is 0 Å². The maximum atomic E-state index is 10.3. The van der Waals surface area contributed by atoms with Crippen LogP contribution in [0.25, 0.3) is 0 Å². The smallest absolute Gasteiger partial charge is 0.0961 e. The molecule has 0 bridgehead atoms. The van der Waals surface area contributed by atoms with E-state index < -0.39 is 0 Å². The number of thioether (sulfide) groups is 1. The van der Waals surface area contributed by atoms with Crippen LogP contribution in [-0.4, -0.2) is 41.1 Å². The molecular weight excluding hydrogens is 226 g/mol. The lowest BCUT2D eigenvalue weighted by atomic mass is 10.1. The average Bonchev–Trinajstić information content (AvgIpc) is 2.65. The number of hydrogen-bond donors (Lipinski definition) is 1. The van der Waals surface area contributed by atoms with Crippen molar-refractivity contribution in [1.29, 1.82) is 0 Å². The van der Waals surface area contributed by atoms with E-state index in [1.807, 2.05) is 11.8 Å². The number of aryl methyl sites for hydroxylation is 1. The SMILES string of the molecule is Cc1cc(C(O)C2CSCCN2C)cs1. The van der Waals surface area contributed by atoms with Gasteiger partial charge in [-0.3, -0.25) is 4.90 Å². The minimum absolute atomic E-state index is 0.276. The molecule has 2 rings (SSSR count). The van der Waals surface area contributed by atoms with Crippen LogP contribution in [-0.2, 0) is 0 Å². The molecule has 0 radical (unpaired) electrons. The lowest BCUT2D eigenvalue weighted by Gasteiger charge is -2.35. The molecule has 2 atom stereocenters. The minimum Gasteiger partial charge on any atom is -0.387 e. The second kappa shape index (κ2) is 4.87. The van der Waals surface area contributed by atoms with E-state index in [1.165, 1.54) is 10.6 Å². The van der Waals surface area contributed by atoms with Crippen LogP contribution in [0.4, 0.5) is 0 Å². The largest absolute Gasteiger partial charge is 0.387 e. The molecule has 15 heavy (non-hydrogen) atoms. The zero-order valence-corrected chi connectivity index (χ0v) is 10.8. The molecule has 1 aromatic rings. The fourth-order valence-electron chi connectivity index (χ4n) is 1.88. The molecule has 1 aromatic heterocycles. The number of rotatable bonds is 2. The fraction of sp³-hybridized carbons (Fsp3) is 0.636. The molecule has 1 fully saturated rings. The molecule has 1 saturated heterocycles. The van der Waals surface area contributed by atoms with E-state index in [1.54, 1.807) is 11.3 Å². The molecule has 0 amide bonds. The summed E-state index contributed by atoms with van der Waals surface area (Å²) in [6.45, 7) is 3.16. The predicted octanol–water partition coefficient (Wildman–Crippen LogP) is 2.14. The summed E-state index contributed by atoms with van der Waals surface area (Å²) < 4.78 is 0. The van der Waals surface area contributed by atoms with Crippen molar-refractivity contribution in [2.45, 2.75) is 19.1 Å². The molecule has 2 nitrogen and oxygen atoms in total. The van der Waals surface area contributed by atoms with Crippen LogP contribution in [0.2, 0.25) is 0 Å². The van der Waals surface area contributed by atoms with Crippen molar-refractivity contribution in [3.05, 3.63) is 21.9 Å². The predicted molar refractivity (Wildman–Crippen MR) is 67.8 cm³/mol. The molecule has 84 valence electrons. The Morgan fingerprint density at radius 1 is 1.60 bits per heavy atom. The van der Waals surface area contributed by atoms with E-state index in [4.69, 9.17) is 0 Å². The second-order valence-electron chi connectivity index (χ2n) is 4.06. The van der Waals surface area contributed by atoms with Crippen LogP contribution in [0.5, 0.6) is 0 Å². The molecule has 2 unspecified atom stereocenters. The standard InChI is InChI=1S/C11H17NOS2/c1-8-5-9(6-15-8)11(13)10-7-14-4-3-12(10)2/h5-6,10-11,13H,3-4,7H2,1-2H3. The number of aliphatic hydroxyl groups excluding tert-OH is 1. The summed E-state index contributed by atoms with van der Waals surface area (Å²) >= 11 is 3.65. The van der Waals surface area contributed by atoms with Crippen molar-refractivity contribution in [3.63, 3.8) is 0 Å². The maximum Gasteiger partial charge on any atom is 0.0961 e. The van der Waals surface area contributed by atoms with Gasteiger partial charge in [0.05, 0.1) is 6.10 Å². The van der Waals surface area contributed by atoms with Gasteiger partial charge in [-0.05, 0) is 31.0 Å². The first-order valence-electron chi connectivity index (χ1n) is 5.19. The third-order valence-electron chi connectivity index (χ3n) is 2.90. The lowest BCUT2D eigenvalue weighted by molar-refractivity contribution is 0.0761. The molecule has 0 aromatic carbocycles. The monoisotopic (exact) mass is 243 g/mol. The van der Waals surface area contributed by atoms with Crippen molar-refractivity contribution in [2.75, 3.05) is 25.1 Å². The van der Waals surface area contributed by atoms with Crippen molar-refractivity contribution in [2.24, 2.45) is 0 Å². The molecule has 1 aliphatic heterocycles. The Bertz CT molecular complexity index is 326. The first-order chi connectivity index (χ1) is 7.18. The Hall–Kier alpha value is -0.0300. The summed E-state index contributed by atoms with van der Waals surface area (Å²) in [6, 6.07) is 2.38. The molecule has 1 N–H and O–H groups in total. The number of aliphatic hydroxyl groups is 1. The van der Waals surface area contributed by atoms with Crippen LogP contribution in [0.15, 0.2) is 11.4 Å². The first-order valence-corrected chi connectivity index (χ1v) is 7.23. The Labute approximate surface area is 99.3 Å². The molecule has 0 saturated carbocycles. The van der Waals surface area contributed by atoms with Crippen LogP contribution >= 0.6 is 23.1 Å². The van der Waals surface area contributed by atoms with E-state index >= 15 is 0 Å².